The van der Waals surface area contributed by atoms with Crippen LogP contribution in [0, 0.1) is 17.8 Å². The van der Waals surface area contributed by atoms with Gasteiger partial charge in [-0.2, -0.15) is 8.78 Å². The molecule has 0 N–H and O–H groups in total. The van der Waals surface area contributed by atoms with Gasteiger partial charge >= 0.3 is 6.61 Å². The Kier molecular flexibility index (Phi) is 2.13. The van der Waals surface area contributed by atoms with E-state index in [4.69, 9.17) is 0 Å². The van der Waals surface area contributed by atoms with E-state index in [1.165, 1.54) is 0 Å². The van der Waals surface area contributed by atoms with Crippen LogP contribution in [0.4, 0.5) is 8.78 Å². The van der Waals surface area contributed by atoms with E-state index in [1.807, 2.05) is 0 Å². The highest BCUT2D eigenvalue weighted by Crippen LogP contribution is 2.43. The second-order valence-electron chi connectivity index (χ2n) is 3.63. The Hall–Kier alpha value is -0.440. The molecule has 0 amide bonds. The molecule has 68 valence electrons. The summed E-state index contributed by atoms with van der Waals surface area (Å²) >= 11 is 0. The van der Waals surface area contributed by atoms with Crippen LogP contribution in [0.2, 0.25) is 0 Å². The van der Waals surface area contributed by atoms with Crippen molar-refractivity contribution in [2.45, 2.75) is 19.5 Å². The molecule has 12 heavy (non-hydrogen) atoms. The van der Waals surface area contributed by atoms with Crippen molar-refractivity contribution in [1.82, 2.24) is 0 Å². The minimum Gasteiger partial charge on any atom is -0.323 e. The molecule has 1 nitrogen and oxygen atoms in total. The Morgan fingerprint density at radius 3 is 2.67 bits per heavy atom. The lowest BCUT2D eigenvalue weighted by Gasteiger charge is -2.17. The summed E-state index contributed by atoms with van der Waals surface area (Å²) in [6.07, 6.45) is 6.53. The summed E-state index contributed by atoms with van der Waals surface area (Å²) in [7, 11) is 0. The molecule has 3 atom stereocenters. The van der Waals surface area contributed by atoms with Gasteiger partial charge in [0.1, 0.15) is 0 Å². The fourth-order valence-corrected chi connectivity index (χ4v) is 2.28. The third-order valence-corrected chi connectivity index (χ3v) is 2.85. The van der Waals surface area contributed by atoms with Crippen LogP contribution in [0.15, 0.2) is 12.2 Å². The lowest BCUT2D eigenvalue weighted by atomic mass is 9.95. The molecule has 0 aromatic heterocycles. The molecule has 2 aliphatic carbocycles. The zero-order valence-corrected chi connectivity index (χ0v) is 6.75. The number of hydrogen-bond acceptors (Lipinski definition) is 1. The summed E-state index contributed by atoms with van der Waals surface area (Å²) in [5.41, 5.74) is 0. The van der Waals surface area contributed by atoms with Crippen LogP contribution >= 0.6 is 0 Å². The molecule has 2 bridgehead atoms. The quantitative estimate of drug-likeness (QED) is 0.597. The van der Waals surface area contributed by atoms with E-state index < -0.39 is 6.61 Å². The molecule has 0 aromatic carbocycles. The van der Waals surface area contributed by atoms with Crippen molar-refractivity contribution in [3.05, 3.63) is 12.2 Å². The summed E-state index contributed by atoms with van der Waals surface area (Å²) in [4.78, 5) is 0. The molecule has 0 heterocycles. The first-order valence-electron chi connectivity index (χ1n) is 4.34. The van der Waals surface area contributed by atoms with E-state index in [1.54, 1.807) is 0 Å². The van der Waals surface area contributed by atoms with Gasteiger partial charge in [0.05, 0.1) is 6.61 Å². The highest BCUT2D eigenvalue weighted by Gasteiger charge is 2.35. The molecule has 1 fully saturated rings. The van der Waals surface area contributed by atoms with Crippen molar-refractivity contribution in [1.29, 1.82) is 0 Å². The highest BCUT2D eigenvalue weighted by molar-refractivity contribution is 5.09. The lowest BCUT2D eigenvalue weighted by molar-refractivity contribution is -0.139. The third kappa shape index (κ3) is 1.51. The van der Waals surface area contributed by atoms with Crippen LogP contribution < -0.4 is 0 Å². The zero-order valence-electron chi connectivity index (χ0n) is 6.75. The van der Waals surface area contributed by atoms with Crippen LogP contribution in [0.25, 0.3) is 0 Å². The van der Waals surface area contributed by atoms with E-state index in [9.17, 15) is 8.78 Å². The summed E-state index contributed by atoms with van der Waals surface area (Å²) < 4.78 is 27.7. The van der Waals surface area contributed by atoms with Gasteiger partial charge in [-0.1, -0.05) is 12.2 Å². The molecule has 2 aliphatic rings. The molecule has 2 rings (SSSR count). The van der Waals surface area contributed by atoms with Gasteiger partial charge in [-0.25, -0.2) is 0 Å². The van der Waals surface area contributed by atoms with Crippen molar-refractivity contribution in [2.24, 2.45) is 17.8 Å². The van der Waals surface area contributed by atoms with E-state index in [0.717, 1.165) is 12.8 Å². The topological polar surface area (TPSA) is 9.23 Å². The van der Waals surface area contributed by atoms with Gasteiger partial charge in [0.15, 0.2) is 0 Å². The Labute approximate surface area is 70.4 Å². The summed E-state index contributed by atoms with van der Waals surface area (Å²) in [5, 5.41) is 0. The van der Waals surface area contributed by atoms with Gasteiger partial charge in [-0.3, -0.25) is 0 Å². The third-order valence-electron chi connectivity index (χ3n) is 2.85. The Bertz CT molecular complexity index is 191. The van der Waals surface area contributed by atoms with Crippen molar-refractivity contribution >= 4 is 0 Å². The minimum absolute atomic E-state index is 0.225. The Morgan fingerprint density at radius 1 is 1.33 bits per heavy atom. The van der Waals surface area contributed by atoms with E-state index in [-0.39, 0.29) is 6.61 Å². The van der Waals surface area contributed by atoms with Crippen LogP contribution in [0.1, 0.15) is 12.8 Å². The molecule has 0 aromatic rings. The van der Waals surface area contributed by atoms with Gasteiger partial charge in [-0.15, -0.1) is 0 Å². The number of allylic oxidation sites excluding steroid dienone is 2. The number of ether oxygens (including phenoxy) is 1. The molecule has 3 heteroatoms. The molecule has 0 radical (unpaired) electrons. The molecule has 3 unspecified atom stereocenters. The maximum atomic E-state index is 11.7. The fourth-order valence-electron chi connectivity index (χ4n) is 2.28. The Balaban J connectivity index is 1.80. The summed E-state index contributed by atoms with van der Waals surface area (Å²) in [6.45, 7) is -2.38. The number of alkyl halides is 2. The molecular formula is C9H12F2O. The normalized spacial score (nSPS) is 38.4. The van der Waals surface area contributed by atoms with Gasteiger partial charge in [0.25, 0.3) is 0 Å². The first-order valence-corrected chi connectivity index (χ1v) is 4.34. The number of halogens is 2. The largest absolute Gasteiger partial charge is 0.345 e. The number of hydrogen-bond donors (Lipinski definition) is 0. The van der Waals surface area contributed by atoms with E-state index >= 15 is 0 Å². The van der Waals surface area contributed by atoms with E-state index in [0.29, 0.717) is 17.8 Å². The second-order valence-corrected chi connectivity index (χ2v) is 3.63. The van der Waals surface area contributed by atoms with Crippen LogP contribution in [-0.4, -0.2) is 13.2 Å². The van der Waals surface area contributed by atoms with Crippen LogP contribution in [0.5, 0.6) is 0 Å². The smallest absolute Gasteiger partial charge is 0.323 e. The number of rotatable bonds is 3. The first kappa shape index (κ1) is 8.17. The summed E-state index contributed by atoms with van der Waals surface area (Å²) in [6, 6.07) is 0. The number of fused-ring (bicyclic) bond motifs is 2. The zero-order chi connectivity index (χ0) is 8.55. The Morgan fingerprint density at radius 2 is 2.17 bits per heavy atom. The maximum Gasteiger partial charge on any atom is 0.345 e. The van der Waals surface area contributed by atoms with Crippen molar-refractivity contribution < 1.29 is 13.5 Å². The monoisotopic (exact) mass is 174 g/mol. The first-order chi connectivity index (χ1) is 5.75. The fraction of sp³-hybridized carbons (Fsp3) is 0.778. The van der Waals surface area contributed by atoms with Crippen molar-refractivity contribution in [2.75, 3.05) is 6.61 Å². The standard InChI is InChI=1S/C9H12F2O/c10-9(11)12-5-8-4-6-1-2-7(8)3-6/h1-2,6-9H,3-5H2. The highest BCUT2D eigenvalue weighted by atomic mass is 19.3. The SMILES string of the molecule is FC(F)OCC1CC2C=CC1C2. The van der Waals surface area contributed by atoms with Crippen LogP contribution in [-0.2, 0) is 4.74 Å². The van der Waals surface area contributed by atoms with Gasteiger partial charge < -0.3 is 4.74 Å². The predicted octanol–water partition coefficient (Wildman–Crippen LogP) is 2.44. The lowest BCUT2D eigenvalue weighted by Crippen LogP contribution is -2.16. The predicted molar refractivity (Wildman–Crippen MR) is 40.8 cm³/mol. The van der Waals surface area contributed by atoms with Crippen molar-refractivity contribution in [3.8, 4) is 0 Å². The molecule has 0 aliphatic heterocycles. The molecule has 1 saturated carbocycles. The molecule has 0 saturated heterocycles. The van der Waals surface area contributed by atoms with Crippen LogP contribution in [0.3, 0.4) is 0 Å². The second kappa shape index (κ2) is 3.13. The van der Waals surface area contributed by atoms with Gasteiger partial charge in [0, 0.05) is 0 Å². The average molecular weight is 174 g/mol. The average Bonchev–Trinajstić information content (AvgIpc) is 2.60. The maximum absolute atomic E-state index is 11.7. The van der Waals surface area contributed by atoms with Gasteiger partial charge in [-0.05, 0) is 30.6 Å². The molecule has 0 spiro atoms. The summed E-state index contributed by atoms with van der Waals surface area (Å²) in [5.74, 6) is 1.49. The minimum atomic E-state index is -2.60. The van der Waals surface area contributed by atoms with Crippen molar-refractivity contribution in [3.63, 3.8) is 0 Å². The van der Waals surface area contributed by atoms with E-state index in [2.05, 4.69) is 16.9 Å². The molecular weight excluding hydrogens is 162 g/mol. The van der Waals surface area contributed by atoms with Gasteiger partial charge in [0.2, 0.25) is 0 Å².